The molecule has 0 spiro atoms. The van der Waals surface area contributed by atoms with Crippen molar-refractivity contribution in [3.63, 3.8) is 0 Å². The van der Waals surface area contributed by atoms with Crippen LogP contribution in [-0.4, -0.2) is 36.0 Å². The first-order chi connectivity index (χ1) is 11.2. The molecule has 1 amide bonds. The molecule has 0 bridgehead atoms. The molecule has 1 aromatic rings. The second kappa shape index (κ2) is 6.87. The van der Waals surface area contributed by atoms with Gasteiger partial charge in [0.15, 0.2) is 0 Å². The molecule has 1 fully saturated rings. The topological polar surface area (TPSA) is 46.6 Å². The number of benzene rings is 1. The fourth-order valence-electron chi connectivity index (χ4n) is 2.85. The number of ether oxygens (including phenoxy) is 1. The molecule has 0 aliphatic carbocycles. The molecular weight excluding hydrogens is 316 g/mol. The Morgan fingerprint density at radius 1 is 1.21 bits per heavy atom. The number of carbonyl (C=O) groups is 2. The first-order valence-corrected chi connectivity index (χ1v) is 8.00. The van der Waals surface area contributed by atoms with E-state index in [1.54, 1.807) is 37.8 Å². The molecule has 1 heterocycles. The van der Waals surface area contributed by atoms with Crippen LogP contribution in [0.3, 0.4) is 0 Å². The van der Waals surface area contributed by atoms with E-state index < -0.39 is 23.5 Å². The lowest BCUT2D eigenvalue weighted by molar-refractivity contribution is -0.114. The number of hydrogen-bond acceptors (Lipinski definition) is 3. The van der Waals surface area contributed by atoms with Crippen LogP contribution in [0.25, 0.3) is 0 Å². The van der Waals surface area contributed by atoms with Crippen LogP contribution in [0.1, 0.15) is 51.2 Å². The second-order valence-corrected chi connectivity index (χ2v) is 7.16. The van der Waals surface area contributed by atoms with Crippen molar-refractivity contribution in [3.05, 3.63) is 35.4 Å². The third kappa shape index (κ3) is 4.10. The number of aldehydes is 1. The zero-order valence-corrected chi connectivity index (χ0v) is 14.2. The van der Waals surface area contributed by atoms with Gasteiger partial charge in [0.25, 0.3) is 6.43 Å². The average molecular weight is 339 g/mol. The van der Waals surface area contributed by atoms with Gasteiger partial charge in [-0.15, -0.1) is 0 Å². The number of carbonyl (C=O) groups excluding carboxylic acids is 2. The van der Waals surface area contributed by atoms with E-state index in [-0.39, 0.29) is 5.56 Å². The molecule has 2 rings (SSSR count). The van der Waals surface area contributed by atoms with Gasteiger partial charge in [-0.3, -0.25) is 0 Å². The molecule has 1 aromatic carbocycles. The maximum atomic E-state index is 12.7. The second-order valence-electron chi connectivity index (χ2n) is 7.16. The van der Waals surface area contributed by atoms with Gasteiger partial charge in [-0.1, -0.05) is 24.3 Å². The van der Waals surface area contributed by atoms with Gasteiger partial charge >= 0.3 is 6.09 Å². The lowest BCUT2D eigenvalue weighted by atomic mass is 9.74. The third-order valence-corrected chi connectivity index (χ3v) is 4.27. The molecule has 0 aromatic heterocycles. The summed E-state index contributed by atoms with van der Waals surface area (Å²) in [5.74, 6) is 0. The summed E-state index contributed by atoms with van der Waals surface area (Å²) in [6.07, 6.45) is -1.15. The molecule has 6 heteroatoms. The number of rotatable bonds is 3. The SMILES string of the molecule is CC(C)(C)OC(=O)N1CCC(C=O)(c2ccc(C(F)F)cc2)CC1. The van der Waals surface area contributed by atoms with E-state index in [1.807, 2.05) is 0 Å². The summed E-state index contributed by atoms with van der Waals surface area (Å²) in [4.78, 5) is 25.4. The number of likely N-dealkylation sites (tertiary alicyclic amines) is 1. The van der Waals surface area contributed by atoms with Gasteiger partial charge in [-0.2, -0.15) is 0 Å². The molecule has 1 aliphatic heterocycles. The first-order valence-electron chi connectivity index (χ1n) is 8.00. The molecule has 1 aliphatic rings. The van der Waals surface area contributed by atoms with Gasteiger partial charge < -0.3 is 14.4 Å². The van der Waals surface area contributed by atoms with E-state index in [2.05, 4.69) is 0 Å². The smallest absolute Gasteiger partial charge is 0.410 e. The van der Waals surface area contributed by atoms with Gasteiger partial charge in [-0.25, -0.2) is 13.6 Å². The van der Waals surface area contributed by atoms with Crippen molar-refractivity contribution in [3.8, 4) is 0 Å². The van der Waals surface area contributed by atoms with Crippen LogP contribution in [0.4, 0.5) is 13.6 Å². The Morgan fingerprint density at radius 3 is 2.17 bits per heavy atom. The molecule has 132 valence electrons. The van der Waals surface area contributed by atoms with Crippen LogP contribution >= 0.6 is 0 Å². The summed E-state index contributed by atoms with van der Waals surface area (Å²) in [5, 5.41) is 0. The van der Waals surface area contributed by atoms with Crippen LogP contribution in [-0.2, 0) is 14.9 Å². The van der Waals surface area contributed by atoms with Crippen molar-refractivity contribution in [2.24, 2.45) is 0 Å². The molecular formula is C18H23F2NO3. The molecule has 0 radical (unpaired) electrons. The highest BCUT2D eigenvalue weighted by atomic mass is 19.3. The molecule has 4 nitrogen and oxygen atoms in total. The van der Waals surface area contributed by atoms with E-state index in [0.29, 0.717) is 31.5 Å². The van der Waals surface area contributed by atoms with Gasteiger partial charge in [0, 0.05) is 18.7 Å². The molecule has 0 saturated carbocycles. The molecule has 0 unspecified atom stereocenters. The largest absolute Gasteiger partial charge is 0.444 e. The van der Waals surface area contributed by atoms with Crippen LogP contribution in [0.15, 0.2) is 24.3 Å². The van der Waals surface area contributed by atoms with Crippen LogP contribution in [0, 0.1) is 0 Å². The van der Waals surface area contributed by atoms with Crippen LogP contribution in [0.2, 0.25) is 0 Å². The fourth-order valence-corrected chi connectivity index (χ4v) is 2.85. The lowest BCUT2D eigenvalue weighted by Crippen LogP contribution is -2.47. The highest BCUT2D eigenvalue weighted by Gasteiger charge is 2.38. The minimum atomic E-state index is -2.53. The van der Waals surface area contributed by atoms with Gasteiger partial charge in [0.05, 0.1) is 5.41 Å². The summed E-state index contributed by atoms with van der Waals surface area (Å²) in [7, 11) is 0. The molecule has 1 saturated heterocycles. The Morgan fingerprint density at radius 2 is 1.75 bits per heavy atom. The predicted octanol–water partition coefficient (Wildman–Crippen LogP) is 4.09. The monoisotopic (exact) mass is 339 g/mol. The number of amides is 1. The van der Waals surface area contributed by atoms with E-state index in [0.717, 1.165) is 6.29 Å². The van der Waals surface area contributed by atoms with Gasteiger partial charge in [0.1, 0.15) is 11.9 Å². The van der Waals surface area contributed by atoms with Crippen molar-refractivity contribution >= 4 is 12.4 Å². The predicted molar refractivity (Wildman–Crippen MR) is 86.2 cm³/mol. The minimum absolute atomic E-state index is 0.0639. The standard InChI is InChI=1S/C18H23F2NO3/c1-17(2,3)24-16(23)21-10-8-18(12-22,9-11-21)14-6-4-13(5-7-14)15(19)20/h4-7,12,15H,8-11H2,1-3H3. The summed E-state index contributed by atoms with van der Waals surface area (Å²) in [5.41, 5.74) is -0.655. The zero-order valence-electron chi connectivity index (χ0n) is 14.2. The Labute approximate surface area is 140 Å². The normalized spacial score (nSPS) is 17.7. The summed E-state index contributed by atoms with van der Waals surface area (Å²) >= 11 is 0. The molecule has 0 atom stereocenters. The maximum absolute atomic E-state index is 12.7. The van der Waals surface area contributed by atoms with E-state index in [4.69, 9.17) is 4.74 Å². The van der Waals surface area contributed by atoms with E-state index in [9.17, 15) is 18.4 Å². The van der Waals surface area contributed by atoms with Crippen molar-refractivity contribution in [2.75, 3.05) is 13.1 Å². The quantitative estimate of drug-likeness (QED) is 0.779. The van der Waals surface area contributed by atoms with E-state index in [1.165, 1.54) is 12.1 Å². The summed E-state index contributed by atoms with van der Waals surface area (Å²) < 4.78 is 30.7. The number of nitrogens with zero attached hydrogens (tertiary/aromatic N) is 1. The zero-order chi connectivity index (χ0) is 18.0. The Kier molecular flexibility index (Phi) is 5.26. The Balaban J connectivity index is 2.08. The van der Waals surface area contributed by atoms with E-state index >= 15 is 0 Å². The number of hydrogen-bond donors (Lipinski definition) is 0. The molecule has 24 heavy (non-hydrogen) atoms. The summed E-state index contributed by atoms with van der Waals surface area (Å²) in [6.45, 7) is 6.19. The minimum Gasteiger partial charge on any atom is -0.444 e. The number of alkyl halides is 2. The lowest BCUT2D eigenvalue weighted by Gasteiger charge is -2.39. The van der Waals surface area contributed by atoms with Crippen molar-refractivity contribution in [1.29, 1.82) is 0 Å². The highest BCUT2D eigenvalue weighted by molar-refractivity contribution is 5.72. The van der Waals surface area contributed by atoms with Crippen molar-refractivity contribution in [2.45, 2.75) is 51.1 Å². The van der Waals surface area contributed by atoms with Gasteiger partial charge in [0.2, 0.25) is 0 Å². The first kappa shape index (κ1) is 18.4. The van der Waals surface area contributed by atoms with Crippen LogP contribution in [0.5, 0.6) is 0 Å². The average Bonchev–Trinajstić information content (AvgIpc) is 2.53. The molecule has 0 N–H and O–H groups in total. The Hall–Kier alpha value is -1.98. The Bertz CT molecular complexity index is 585. The van der Waals surface area contributed by atoms with Crippen molar-refractivity contribution in [1.82, 2.24) is 4.90 Å². The van der Waals surface area contributed by atoms with Crippen molar-refractivity contribution < 1.29 is 23.1 Å². The fraction of sp³-hybridized carbons (Fsp3) is 0.556. The number of piperidine rings is 1. The third-order valence-electron chi connectivity index (χ3n) is 4.27. The number of halogens is 2. The maximum Gasteiger partial charge on any atom is 0.410 e. The van der Waals surface area contributed by atoms with Gasteiger partial charge in [-0.05, 0) is 39.2 Å². The van der Waals surface area contributed by atoms with Crippen LogP contribution < -0.4 is 0 Å². The highest BCUT2D eigenvalue weighted by Crippen LogP contribution is 2.35. The summed E-state index contributed by atoms with van der Waals surface area (Å²) in [6, 6.07) is 5.87.